The molecule has 40 heavy (non-hydrogen) atoms. The summed E-state index contributed by atoms with van der Waals surface area (Å²) in [6.45, 7) is 8.64. The monoisotopic (exact) mass is 579 g/mol. The van der Waals surface area contributed by atoms with Crippen molar-refractivity contribution in [1.29, 1.82) is 0 Å². The number of hydrogen-bond acceptors (Lipinski definition) is 8. The van der Waals surface area contributed by atoms with E-state index in [1.807, 2.05) is 58.2 Å². The van der Waals surface area contributed by atoms with Crippen LogP contribution in [-0.4, -0.2) is 84.9 Å². The molecule has 2 rings (SSSR count). The van der Waals surface area contributed by atoms with Crippen molar-refractivity contribution in [2.24, 2.45) is 5.73 Å². The highest BCUT2D eigenvalue weighted by molar-refractivity contribution is 7.98. The molecule has 1 aliphatic heterocycles. The van der Waals surface area contributed by atoms with Crippen molar-refractivity contribution in [3.8, 4) is 5.75 Å². The molecule has 224 valence electrons. The molecule has 1 aliphatic rings. The molecule has 1 saturated heterocycles. The number of likely N-dealkylation sites (tertiary alicyclic amines) is 1. The summed E-state index contributed by atoms with van der Waals surface area (Å²) in [7, 11) is 0. The van der Waals surface area contributed by atoms with Gasteiger partial charge in [-0.1, -0.05) is 0 Å². The molecule has 5 N–H and O–H groups in total. The van der Waals surface area contributed by atoms with Crippen molar-refractivity contribution in [2.45, 2.75) is 94.5 Å². The minimum atomic E-state index is -0.591. The predicted molar refractivity (Wildman–Crippen MR) is 155 cm³/mol. The number of rotatable bonds is 16. The average molecular weight is 580 g/mol. The largest absolute Gasteiger partial charge is 0.491 e. The number of benzene rings is 1. The second-order valence-electron chi connectivity index (χ2n) is 11.0. The fraction of sp³-hybridized carbons (Fsp3) is 0.643. The van der Waals surface area contributed by atoms with Gasteiger partial charge in [0.15, 0.2) is 0 Å². The maximum absolute atomic E-state index is 13.2. The number of thioether (sulfide) groups is 1. The summed E-state index contributed by atoms with van der Waals surface area (Å²) in [4.78, 5) is 51.1. The molecule has 12 heteroatoms. The molecule has 11 nitrogen and oxygen atoms in total. The highest BCUT2D eigenvalue weighted by Crippen LogP contribution is 2.25. The van der Waals surface area contributed by atoms with Crippen LogP contribution in [0.15, 0.2) is 29.2 Å². The SMILES string of the molecule is CSc1ccc(OCC(CCC(N)=O)NC(=O)C2CCC(CCNCC(C)NC(=O)OC(C)(C)C)N2C=O)cc1. The number of carbonyl (C=O) groups excluding carboxylic acids is 4. The molecule has 0 aromatic heterocycles. The fourth-order valence-electron chi connectivity index (χ4n) is 4.45. The molecule has 4 unspecified atom stereocenters. The van der Waals surface area contributed by atoms with Crippen LogP contribution < -0.4 is 26.4 Å². The lowest BCUT2D eigenvalue weighted by Crippen LogP contribution is -2.50. The Morgan fingerprint density at radius 3 is 2.48 bits per heavy atom. The van der Waals surface area contributed by atoms with E-state index in [1.54, 1.807) is 16.7 Å². The van der Waals surface area contributed by atoms with Crippen LogP contribution in [0.25, 0.3) is 0 Å². The third-order valence-corrected chi connectivity index (χ3v) is 7.19. The summed E-state index contributed by atoms with van der Waals surface area (Å²) >= 11 is 1.63. The van der Waals surface area contributed by atoms with Crippen molar-refractivity contribution >= 4 is 36.1 Å². The zero-order valence-electron chi connectivity index (χ0n) is 24.2. The summed E-state index contributed by atoms with van der Waals surface area (Å²) < 4.78 is 11.1. The first kappa shape index (κ1) is 33.2. The van der Waals surface area contributed by atoms with E-state index in [4.69, 9.17) is 15.2 Å². The van der Waals surface area contributed by atoms with Crippen molar-refractivity contribution in [1.82, 2.24) is 20.9 Å². The summed E-state index contributed by atoms with van der Waals surface area (Å²) in [6, 6.07) is 6.37. The minimum Gasteiger partial charge on any atom is -0.491 e. The third kappa shape index (κ3) is 12.0. The smallest absolute Gasteiger partial charge is 0.407 e. The Balaban J connectivity index is 1.84. The van der Waals surface area contributed by atoms with Gasteiger partial charge in [0, 0.05) is 29.9 Å². The Kier molecular flexibility index (Phi) is 13.6. The van der Waals surface area contributed by atoms with Crippen molar-refractivity contribution in [3.63, 3.8) is 0 Å². The van der Waals surface area contributed by atoms with E-state index in [2.05, 4.69) is 16.0 Å². The molecule has 0 bridgehead atoms. The quantitative estimate of drug-likeness (QED) is 0.132. The van der Waals surface area contributed by atoms with E-state index in [9.17, 15) is 19.2 Å². The number of nitrogens with two attached hydrogens (primary N) is 1. The molecule has 1 heterocycles. The molecule has 4 amide bonds. The van der Waals surface area contributed by atoms with Crippen LogP contribution in [-0.2, 0) is 19.1 Å². The van der Waals surface area contributed by atoms with Gasteiger partial charge in [0.1, 0.15) is 24.0 Å². The zero-order valence-corrected chi connectivity index (χ0v) is 25.1. The van der Waals surface area contributed by atoms with E-state index >= 15 is 0 Å². The number of carbonyl (C=O) groups is 4. The number of hydrogen-bond donors (Lipinski definition) is 4. The molecule has 0 radical (unpaired) electrons. The number of alkyl carbamates (subject to hydrolysis) is 1. The highest BCUT2D eigenvalue weighted by Gasteiger charge is 2.37. The van der Waals surface area contributed by atoms with Crippen LogP contribution in [0, 0.1) is 0 Å². The van der Waals surface area contributed by atoms with Gasteiger partial charge in [-0.15, -0.1) is 11.8 Å². The first-order valence-electron chi connectivity index (χ1n) is 13.7. The van der Waals surface area contributed by atoms with E-state index in [-0.39, 0.29) is 31.0 Å². The lowest BCUT2D eigenvalue weighted by atomic mass is 10.1. The van der Waals surface area contributed by atoms with Crippen molar-refractivity contribution in [2.75, 3.05) is 26.0 Å². The minimum absolute atomic E-state index is 0.0786. The van der Waals surface area contributed by atoms with Crippen LogP contribution in [0.2, 0.25) is 0 Å². The molecule has 1 aromatic rings. The Hall–Kier alpha value is -2.99. The van der Waals surface area contributed by atoms with E-state index in [1.165, 1.54) is 0 Å². The van der Waals surface area contributed by atoms with E-state index < -0.39 is 29.7 Å². The molecule has 0 saturated carbocycles. The normalized spacial score (nSPS) is 18.5. The van der Waals surface area contributed by atoms with Crippen LogP contribution in [0.4, 0.5) is 4.79 Å². The lowest BCUT2D eigenvalue weighted by molar-refractivity contribution is -0.133. The standard InChI is InChI=1S/C28H45N5O6S/c1-19(31-27(37)39-28(2,3)4)16-30-15-14-21-7-12-24(33(21)18-34)26(36)32-20(6-13-25(29)35)17-38-22-8-10-23(40-5)11-9-22/h8-11,18-21,24,30H,6-7,12-17H2,1-5H3,(H2,29,35)(H,31,37)(H,32,36). The Morgan fingerprint density at radius 2 is 1.88 bits per heavy atom. The highest BCUT2D eigenvalue weighted by atomic mass is 32.2. The molecule has 1 fully saturated rings. The Labute approximate surface area is 241 Å². The number of primary amides is 1. The molecule has 4 atom stereocenters. The molecule has 1 aromatic carbocycles. The van der Waals surface area contributed by atoms with Gasteiger partial charge in [0.25, 0.3) is 0 Å². The topological polar surface area (TPSA) is 152 Å². The van der Waals surface area contributed by atoms with Gasteiger partial charge < -0.3 is 36.1 Å². The van der Waals surface area contributed by atoms with Crippen molar-refractivity contribution in [3.05, 3.63) is 24.3 Å². The van der Waals surface area contributed by atoms with Gasteiger partial charge in [-0.25, -0.2) is 4.79 Å². The predicted octanol–water partition coefficient (Wildman–Crippen LogP) is 2.42. The molecule has 0 aliphatic carbocycles. The average Bonchev–Trinajstić information content (AvgIpc) is 3.30. The van der Waals surface area contributed by atoms with Gasteiger partial charge in [0.2, 0.25) is 18.2 Å². The first-order valence-corrected chi connectivity index (χ1v) is 14.9. The number of ether oxygens (including phenoxy) is 2. The third-order valence-electron chi connectivity index (χ3n) is 6.44. The zero-order chi connectivity index (χ0) is 29.7. The maximum atomic E-state index is 13.2. The van der Waals surface area contributed by atoms with Gasteiger partial charge in [-0.3, -0.25) is 14.4 Å². The number of amides is 4. The second-order valence-corrected chi connectivity index (χ2v) is 11.9. The summed E-state index contributed by atoms with van der Waals surface area (Å²) in [5.41, 5.74) is 4.78. The van der Waals surface area contributed by atoms with Crippen LogP contribution in [0.3, 0.4) is 0 Å². The number of nitrogens with one attached hydrogen (secondary N) is 3. The van der Waals surface area contributed by atoms with Crippen molar-refractivity contribution < 1.29 is 28.7 Å². The Morgan fingerprint density at radius 1 is 1.18 bits per heavy atom. The van der Waals surface area contributed by atoms with Gasteiger partial charge >= 0.3 is 6.09 Å². The van der Waals surface area contributed by atoms with Gasteiger partial charge in [-0.05, 0) is 90.4 Å². The van der Waals surface area contributed by atoms with Crippen LogP contribution >= 0.6 is 11.8 Å². The van der Waals surface area contributed by atoms with E-state index in [0.717, 1.165) is 11.3 Å². The second kappa shape index (κ2) is 16.3. The van der Waals surface area contributed by atoms with Crippen LogP contribution in [0.1, 0.15) is 59.8 Å². The lowest BCUT2D eigenvalue weighted by Gasteiger charge is -2.28. The van der Waals surface area contributed by atoms with Gasteiger partial charge in [-0.2, -0.15) is 0 Å². The fourth-order valence-corrected chi connectivity index (χ4v) is 4.86. The summed E-state index contributed by atoms with van der Waals surface area (Å²) in [5.74, 6) is -0.0645. The molecule has 0 spiro atoms. The van der Waals surface area contributed by atoms with Crippen LogP contribution in [0.5, 0.6) is 5.75 Å². The van der Waals surface area contributed by atoms with E-state index in [0.29, 0.717) is 44.5 Å². The maximum Gasteiger partial charge on any atom is 0.407 e. The molecular formula is C28H45N5O6S. The summed E-state index contributed by atoms with van der Waals surface area (Å²) in [5, 5.41) is 9.04. The Bertz CT molecular complexity index is 971. The van der Waals surface area contributed by atoms with Gasteiger partial charge in [0.05, 0.1) is 6.04 Å². The summed E-state index contributed by atoms with van der Waals surface area (Å²) in [6.07, 6.45) is 4.62. The number of nitrogens with zero attached hydrogens (tertiary/aromatic N) is 1. The first-order chi connectivity index (χ1) is 18.9. The molecular weight excluding hydrogens is 534 g/mol.